The average molecular weight is 625 g/mol. The van der Waals surface area contributed by atoms with Crippen molar-refractivity contribution in [1.29, 1.82) is 0 Å². The summed E-state index contributed by atoms with van der Waals surface area (Å²) in [5.74, 6) is 2.15. The maximum atomic E-state index is 5.01. The van der Waals surface area contributed by atoms with Gasteiger partial charge in [-0.1, -0.05) is 171 Å². The Bertz CT molecular complexity index is 1620. The van der Waals surface area contributed by atoms with Crippen LogP contribution in [0.4, 0.5) is 5.95 Å². The standard InChI is InChI=1S/C39H36N4S2/c1-5-29-9-17-33(18-10-29)25-43(26-34-19-11-30(6-2)12-20-34)37-40-38(44-27-35-21-13-31(7-3)14-22-35)42-39(41-37)45-28-36-23-15-32(8-4)16-24-36/h5-24H,1-4,25-28H2. The SMILES string of the molecule is C=Cc1ccc(CSc2nc(SCc3ccc(C=C)cc3)nc(N(Cc3ccc(C=C)cc3)Cc3ccc(C=C)cc3)n2)cc1. The molecule has 1 aromatic heterocycles. The van der Waals surface area contributed by atoms with E-state index in [1.807, 2.05) is 24.3 Å². The molecule has 0 aliphatic carbocycles. The van der Waals surface area contributed by atoms with E-state index in [1.165, 1.54) is 11.1 Å². The van der Waals surface area contributed by atoms with E-state index in [9.17, 15) is 0 Å². The first kappa shape index (κ1) is 31.8. The first-order valence-electron chi connectivity index (χ1n) is 14.7. The maximum absolute atomic E-state index is 5.01. The monoisotopic (exact) mass is 624 g/mol. The van der Waals surface area contributed by atoms with Crippen molar-refractivity contribution in [2.45, 2.75) is 34.9 Å². The molecule has 0 spiro atoms. The molecule has 5 rings (SSSR count). The second kappa shape index (κ2) is 15.9. The quantitative estimate of drug-likeness (QED) is 0.108. The Morgan fingerprint density at radius 3 is 1.07 bits per heavy atom. The third-order valence-electron chi connectivity index (χ3n) is 7.21. The van der Waals surface area contributed by atoms with E-state index < -0.39 is 0 Å². The van der Waals surface area contributed by atoms with E-state index >= 15 is 0 Å². The molecule has 4 aromatic carbocycles. The van der Waals surface area contributed by atoms with Crippen LogP contribution in [0.2, 0.25) is 0 Å². The highest BCUT2D eigenvalue weighted by Crippen LogP contribution is 2.28. The zero-order chi connectivity index (χ0) is 31.4. The Morgan fingerprint density at radius 2 is 0.756 bits per heavy atom. The minimum Gasteiger partial charge on any atom is -0.332 e. The van der Waals surface area contributed by atoms with Crippen LogP contribution in [0, 0.1) is 0 Å². The van der Waals surface area contributed by atoms with E-state index in [-0.39, 0.29) is 0 Å². The highest BCUT2D eigenvalue weighted by atomic mass is 32.2. The molecular weight excluding hydrogens is 589 g/mol. The molecule has 45 heavy (non-hydrogen) atoms. The summed E-state index contributed by atoms with van der Waals surface area (Å²) in [7, 11) is 0. The lowest BCUT2D eigenvalue weighted by molar-refractivity contribution is 0.706. The Hall–Kier alpha value is -4.65. The molecule has 0 saturated carbocycles. The number of anilines is 1. The lowest BCUT2D eigenvalue weighted by Crippen LogP contribution is -2.25. The van der Waals surface area contributed by atoms with Gasteiger partial charge in [0.05, 0.1) is 0 Å². The highest BCUT2D eigenvalue weighted by molar-refractivity contribution is 7.99. The summed E-state index contributed by atoms with van der Waals surface area (Å²) in [6, 6.07) is 33.7. The number of aromatic nitrogens is 3. The van der Waals surface area contributed by atoms with Gasteiger partial charge in [0.15, 0.2) is 10.3 Å². The van der Waals surface area contributed by atoms with Crippen LogP contribution in [0.5, 0.6) is 0 Å². The lowest BCUT2D eigenvalue weighted by Gasteiger charge is -2.24. The van der Waals surface area contributed by atoms with Crippen molar-refractivity contribution >= 4 is 53.8 Å². The van der Waals surface area contributed by atoms with Gasteiger partial charge in [-0.05, 0) is 44.5 Å². The number of hydrogen-bond donors (Lipinski definition) is 0. The molecule has 0 fully saturated rings. The van der Waals surface area contributed by atoms with Gasteiger partial charge < -0.3 is 4.90 Å². The van der Waals surface area contributed by atoms with Crippen LogP contribution in [0.3, 0.4) is 0 Å². The van der Waals surface area contributed by atoms with Crippen molar-refractivity contribution in [3.8, 4) is 0 Å². The van der Waals surface area contributed by atoms with Crippen LogP contribution in [0.15, 0.2) is 134 Å². The number of thioether (sulfide) groups is 2. The molecule has 5 aromatic rings. The van der Waals surface area contributed by atoms with Crippen LogP contribution in [0.25, 0.3) is 24.3 Å². The Morgan fingerprint density at radius 1 is 0.444 bits per heavy atom. The van der Waals surface area contributed by atoms with Gasteiger partial charge in [0.25, 0.3) is 0 Å². The van der Waals surface area contributed by atoms with E-state index in [4.69, 9.17) is 15.0 Å². The Balaban J connectivity index is 1.47. The van der Waals surface area contributed by atoms with E-state index in [2.05, 4.69) is 128 Å². The van der Waals surface area contributed by atoms with Crippen molar-refractivity contribution in [2.24, 2.45) is 0 Å². The first-order chi connectivity index (χ1) is 22.0. The molecule has 0 radical (unpaired) electrons. The van der Waals surface area contributed by atoms with Gasteiger partial charge in [-0.2, -0.15) is 15.0 Å². The second-order valence-corrected chi connectivity index (χ2v) is 12.3. The van der Waals surface area contributed by atoms with Crippen LogP contribution in [-0.2, 0) is 24.6 Å². The summed E-state index contributed by atoms with van der Waals surface area (Å²) in [5, 5.41) is 1.40. The van der Waals surface area contributed by atoms with Crippen molar-refractivity contribution in [1.82, 2.24) is 15.0 Å². The molecule has 0 aliphatic heterocycles. The van der Waals surface area contributed by atoms with Crippen LogP contribution in [0.1, 0.15) is 44.5 Å². The molecule has 0 aliphatic rings. The first-order valence-corrected chi connectivity index (χ1v) is 16.6. The Kier molecular flexibility index (Phi) is 11.2. The van der Waals surface area contributed by atoms with Crippen LogP contribution >= 0.6 is 23.5 Å². The molecule has 0 saturated heterocycles. The predicted octanol–water partition coefficient (Wildman–Crippen LogP) is 10.2. The van der Waals surface area contributed by atoms with Crippen molar-refractivity contribution < 1.29 is 0 Å². The summed E-state index contributed by atoms with van der Waals surface area (Å²) in [6.45, 7) is 16.8. The largest absolute Gasteiger partial charge is 0.332 e. The number of nitrogens with zero attached hydrogens (tertiary/aromatic N) is 4. The summed E-state index contributed by atoms with van der Waals surface area (Å²) < 4.78 is 0. The van der Waals surface area contributed by atoms with Gasteiger partial charge >= 0.3 is 0 Å². The summed E-state index contributed by atoms with van der Waals surface area (Å²) in [5.41, 5.74) is 9.10. The zero-order valence-electron chi connectivity index (χ0n) is 25.3. The number of hydrogen-bond acceptors (Lipinski definition) is 6. The molecule has 0 unspecified atom stereocenters. The highest BCUT2D eigenvalue weighted by Gasteiger charge is 2.17. The van der Waals surface area contributed by atoms with E-state index in [0.717, 1.165) is 44.9 Å². The van der Waals surface area contributed by atoms with Gasteiger partial charge in [0.1, 0.15) is 0 Å². The predicted molar refractivity (Wildman–Crippen MR) is 195 cm³/mol. The summed E-state index contributed by atoms with van der Waals surface area (Å²) in [6.07, 6.45) is 7.43. The van der Waals surface area contributed by atoms with Gasteiger partial charge in [-0.3, -0.25) is 0 Å². The molecule has 6 heteroatoms. The summed E-state index contributed by atoms with van der Waals surface area (Å²) in [4.78, 5) is 17.1. The fourth-order valence-corrected chi connectivity index (χ4v) is 6.18. The number of rotatable bonds is 15. The molecule has 1 heterocycles. The third kappa shape index (κ3) is 9.17. The molecule has 0 atom stereocenters. The molecular formula is C39H36N4S2. The van der Waals surface area contributed by atoms with Crippen LogP contribution in [-0.4, -0.2) is 15.0 Å². The van der Waals surface area contributed by atoms with Gasteiger partial charge in [-0.25, -0.2) is 0 Å². The number of benzene rings is 4. The molecule has 0 bridgehead atoms. The topological polar surface area (TPSA) is 41.9 Å². The molecule has 0 N–H and O–H groups in total. The second-order valence-electron chi connectivity index (χ2n) is 10.4. The zero-order valence-corrected chi connectivity index (χ0v) is 26.9. The minimum atomic E-state index is 0.644. The average Bonchev–Trinajstić information content (AvgIpc) is 3.10. The fraction of sp³-hybridized carbons (Fsp3) is 0.103. The normalized spacial score (nSPS) is 10.7. The van der Waals surface area contributed by atoms with E-state index in [0.29, 0.717) is 29.4 Å². The minimum absolute atomic E-state index is 0.644. The fourth-order valence-electron chi connectivity index (χ4n) is 4.55. The van der Waals surface area contributed by atoms with Crippen molar-refractivity contribution in [2.75, 3.05) is 4.90 Å². The lowest BCUT2D eigenvalue weighted by atomic mass is 10.1. The van der Waals surface area contributed by atoms with Gasteiger partial charge in [0.2, 0.25) is 5.95 Å². The van der Waals surface area contributed by atoms with Gasteiger partial charge in [0, 0.05) is 24.6 Å². The van der Waals surface area contributed by atoms with Crippen molar-refractivity contribution in [3.05, 3.63) is 168 Å². The summed E-state index contributed by atoms with van der Waals surface area (Å²) >= 11 is 3.24. The molecule has 224 valence electrons. The maximum Gasteiger partial charge on any atom is 0.230 e. The third-order valence-corrected chi connectivity index (χ3v) is 9.05. The van der Waals surface area contributed by atoms with Crippen LogP contribution < -0.4 is 4.90 Å². The van der Waals surface area contributed by atoms with E-state index in [1.54, 1.807) is 23.5 Å². The Labute approximate surface area is 275 Å². The molecule has 0 amide bonds. The van der Waals surface area contributed by atoms with Gasteiger partial charge in [-0.15, -0.1) is 0 Å². The van der Waals surface area contributed by atoms with Crippen molar-refractivity contribution in [3.63, 3.8) is 0 Å². The smallest absolute Gasteiger partial charge is 0.230 e. The molecule has 4 nitrogen and oxygen atoms in total.